The van der Waals surface area contributed by atoms with Crippen LogP contribution in [-0.4, -0.2) is 21.9 Å². The van der Waals surface area contributed by atoms with E-state index in [9.17, 15) is 4.79 Å². The van der Waals surface area contributed by atoms with E-state index in [-0.39, 0.29) is 24.2 Å². The van der Waals surface area contributed by atoms with E-state index < -0.39 is 0 Å². The lowest BCUT2D eigenvalue weighted by Crippen LogP contribution is -2.24. The number of halogens is 1. The van der Waals surface area contributed by atoms with Gasteiger partial charge in [0.1, 0.15) is 5.88 Å². The number of hydrogen-bond donors (Lipinski definition) is 1. The number of nitrogens with one attached hydrogen (secondary N) is 1. The molecule has 0 spiro atoms. The van der Waals surface area contributed by atoms with Crippen molar-refractivity contribution in [3.05, 3.63) is 24.2 Å². The van der Waals surface area contributed by atoms with Crippen LogP contribution in [0.25, 0.3) is 11.7 Å². The first-order valence-corrected chi connectivity index (χ1v) is 5.02. The molecule has 0 aliphatic heterocycles. The van der Waals surface area contributed by atoms with Gasteiger partial charge in [-0.3, -0.25) is 4.79 Å². The molecule has 84 valence electrons. The summed E-state index contributed by atoms with van der Waals surface area (Å²) >= 11 is 5.31. The molecule has 0 saturated carbocycles. The Labute approximate surface area is 95.6 Å². The van der Waals surface area contributed by atoms with Gasteiger partial charge in [-0.2, -0.15) is 4.98 Å². The van der Waals surface area contributed by atoms with Crippen LogP contribution in [0.2, 0.25) is 0 Å². The number of hydrogen-bond acceptors (Lipinski definition) is 5. The Hall–Kier alpha value is -1.82. The molecule has 0 unspecified atom stereocenters. The third-order valence-electron chi connectivity index (χ3n) is 1.77. The summed E-state index contributed by atoms with van der Waals surface area (Å²) in [5.41, 5.74) is 0. The maximum absolute atomic E-state index is 10.9. The van der Waals surface area contributed by atoms with E-state index in [2.05, 4.69) is 15.5 Å². The fraction of sp³-hybridized carbons (Fsp3) is 0.222. The van der Waals surface area contributed by atoms with Gasteiger partial charge in [0.2, 0.25) is 5.91 Å². The van der Waals surface area contributed by atoms with Crippen LogP contribution in [-0.2, 0) is 11.3 Å². The number of amides is 1. The van der Waals surface area contributed by atoms with Crippen molar-refractivity contribution in [2.75, 3.05) is 5.88 Å². The van der Waals surface area contributed by atoms with Gasteiger partial charge in [-0.1, -0.05) is 5.16 Å². The van der Waals surface area contributed by atoms with E-state index in [1.807, 2.05) is 0 Å². The van der Waals surface area contributed by atoms with Crippen LogP contribution >= 0.6 is 11.6 Å². The average Bonchev–Trinajstić information content (AvgIpc) is 2.95. The minimum absolute atomic E-state index is 0.0944. The first kappa shape index (κ1) is 10.7. The van der Waals surface area contributed by atoms with Crippen molar-refractivity contribution in [3.8, 4) is 11.7 Å². The highest BCUT2D eigenvalue weighted by atomic mass is 35.5. The number of nitrogens with zero attached hydrogens (tertiary/aromatic N) is 2. The normalized spacial score (nSPS) is 10.3. The molecule has 1 N–H and O–H groups in total. The molecule has 0 saturated heterocycles. The Balaban J connectivity index is 2.00. The molecule has 2 aromatic heterocycles. The van der Waals surface area contributed by atoms with Crippen molar-refractivity contribution in [2.45, 2.75) is 6.54 Å². The fourth-order valence-electron chi connectivity index (χ4n) is 1.05. The molecule has 7 heteroatoms. The van der Waals surface area contributed by atoms with Crippen LogP contribution in [0.4, 0.5) is 0 Å². The van der Waals surface area contributed by atoms with Crippen LogP contribution in [0.5, 0.6) is 0 Å². The maximum atomic E-state index is 10.9. The van der Waals surface area contributed by atoms with Crippen LogP contribution < -0.4 is 5.32 Å². The number of carbonyl (C=O) groups excluding carboxylic acids is 1. The summed E-state index contributed by atoms with van der Waals surface area (Å²) in [4.78, 5) is 14.9. The smallest absolute Gasteiger partial charge is 0.293 e. The largest absolute Gasteiger partial charge is 0.459 e. The summed E-state index contributed by atoms with van der Waals surface area (Å²) in [7, 11) is 0. The molecule has 0 aromatic carbocycles. The van der Waals surface area contributed by atoms with E-state index in [4.69, 9.17) is 20.5 Å². The third kappa shape index (κ3) is 2.40. The van der Waals surface area contributed by atoms with Crippen molar-refractivity contribution in [1.29, 1.82) is 0 Å². The van der Waals surface area contributed by atoms with Gasteiger partial charge in [0.25, 0.3) is 5.89 Å². The summed E-state index contributed by atoms with van der Waals surface area (Å²) in [6, 6.07) is 3.42. The average molecular weight is 242 g/mol. The first-order valence-electron chi connectivity index (χ1n) is 4.48. The van der Waals surface area contributed by atoms with Crippen molar-refractivity contribution in [1.82, 2.24) is 15.5 Å². The molecule has 16 heavy (non-hydrogen) atoms. The number of carbonyl (C=O) groups is 1. The Kier molecular flexibility index (Phi) is 3.21. The van der Waals surface area contributed by atoms with Crippen molar-refractivity contribution in [2.24, 2.45) is 0 Å². The third-order valence-corrected chi connectivity index (χ3v) is 2.01. The minimum atomic E-state index is -0.286. The van der Waals surface area contributed by atoms with Crippen LogP contribution in [0.1, 0.15) is 5.82 Å². The van der Waals surface area contributed by atoms with Gasteiger partial charge in [0.05, 0.1) is 12.8 Å². The molecular weight excluding hydrogens is 234 g/mol. The number of alkyl halides is 1. The molecule has 2 rings (SSSR count). The maximum Gasteiger partial charge on any atom is 0.293 e. The van der Waals surface area contributed by atoms with E-state index >= 15 is 0 Å². The monoisotopic (exact) mass is 241 g/mol. The second-order valence-corrected chi connectivity index (χ2v) is 3.17. The Morgan fingerprint density at radius 2 is 2.44 bits per heavy atom. The zero-order chi connectivity index (χ0) is 11.4. The highest BCUT2D eigenvalue weighted by Crippen LogP contribution is 2.16. The first-order chi connectivity index (χ1) is 7.79. The molecule has 0 radical (unpaired) electrons. The number of furan rings is 1. The Morgan fingerprint density at radius 3 is 3.12 bits per heavy atom. The highest BCUT2D eigenvalue weighted by Gasteiger charge is 2.11. The summed E-state index contributed by atoms with van der Waals surface area (Å²) in [6.07, 6.45) is 1.51. The van der Waals surface area contributed by atoms with Gasteiger partial charge in [-0.15, -0.1) is 11.6 Å². The van der Waals surface area contributed by atoms with Crippen molar-refractivity contribution >= 4 is 17.5 Å². The van der Waals surface area contributed by atoms with Crippen LogP contribution in [0, 0.1) is 0 Å². The summed E-state index contributed by atoms with van der Waals surface area (Å²) < 4.78 is 10.0. The van der Waals surface area contributed by atoms with Gasteiger partial charge >= 0.3 is 0 Å². The Bertz CT molecular complexity index is 466. The number of rotatable bonds is 4. The van der Waals surface area contributed by atoms with Gasteiger partial charge in [0, 0.05) is 0 Å². The van der Waals surface area contributed by atoms with E-state index in [1.165, 1.54) is 6.26 Å². The molecule has 1 amide bonds. The lowest BCUT2D eigenvalue weighted by atomic mass is 10.4. The molecule has 0 aliphatic carbocycles. The standard InChI is InChI=1S/C9H8ClN3O3/c10-4-8(14)11-5-7-12-9(16-13-7)6-2-1-3-15-6/h1-3H,4-5H2,(H,11,14). The predicted molar refractivity (Wildman–Crippen MR) is 54.6 cm³/mol. The Morgan fingerprint density at radius 1 is 1.56 bits per heavy atom. The molecule has 2 heterocycles. The van der Waals surface area contributed by atoms with Gasteiger partial charge in [0.15, 0.2) is 11.6 Å². The molecule has 6 nitrogen and oxygen atoms in total. The quantitative estimate of drug-likeness (QED) is 0.813. The summed E-state index contributed by atoms with van der Waals surface area (Å²) in [5.74, 6) is 0.751. The van der Waals surface area contributed by atoms with Gasteiger partial charge in [-0.05, 0) is 12.1 Å². The molecule has 0 aliphatic rings. The lowest BCUT2D eigenvalue weighted by molar-refractivity contribution is -0.118. The fourth-order valence-corrected chi connectivity index (χ4v) is 1.15. The van der Waals surface area contributed by atoms with Crippen molar-refractivity contribution in [3.63, 3.8) is 0 Å². The molecule has 0 bridgehead atoms. The zero-order valence-corrected chi connectivity index (χ0v) is 8.90. The zero-order valence-electron chi connectivity index (χ0n) is 8.14. The second-order valence-electron chi connectivity index (χ2n) is 2.90. The van der Waals surface area contributed by atoms with E-state index in [0.717, 1.165) is 0 Å². The van der Waals surface area contributed by atoms with Crippen LogP contribution in [0.15, 0.2) is 27.3 Å². The van der Waals surface area contributed by atoms with Gasteiger partial charge < -0.3 is 14.3 Å². The van der Waals surface area contributed by atoms with Gasteiger partial charge in [-0.25, -0.2) is 0 Å². The molecule has 0 fully saturated rings. The topological polar surface area (TPSA) is 81.2 Å². The van der Waals surface area contributed by atoms with E-state index in [1.54, 1.807) is 12.1 Å². The molecular formula is C9H8ClN3O3. The summed E-state index contributed by atoms with van der Waals surface area (Å²) in [6.45, 7) is 0.176. The van der Waals surface area contributed by atoms with Crippen LogP contribution in [0.3, 0.4) is 0 Å². The minimum Gasteiger partial charge on any atom is -0.459 e. The SMILES string of the molecule is O=C(CCl)NCc1noc(-c2ccco2)n1. The second kappa shape index (κ2) is 4.80. The predicted octanol–water partition coefficient (Wildman–Crippen LogP) is 1.18. The lowest BCUT2D eigenvalue weighted by Gasteiger charge is -1.95. The molecule has 0 atom stereocenters. The summed E-state index contributed by atoms with van der Waals surface area (Å²) in [5, 5.41) is 6.20. The van der Waals surface area contributed by atoms with Crippen molar-refractivity contribution < 1.29 is 13.7 Å². The van der Waals surface area contributed by atoms with E-state index in [0.29, 0.717) is 11.6 Å². The highest BCUT2D eigenvalue weighted by molar-refractivity contribution is 6.27. The number of aromatic nitrogens is 2. The molecule has 2 aromatic rings.